The van der Waals surface area contributed by atoms with Gasteiger partial charge in [0.25, 0.3) is 0 Å². The Kier molecular flexibility index (Phi) is 9.75. The third-order valence-electron chi connectivity index (χ3n) is 4.69. The number of halogens is 2. The van der Waals surface area contributed by atoms with Gasteiger partial charge in [-0.05, 0) is 65.6 Å². The lowest BCUT2D eigenvalue weighted by Crippen LogP contribution is -2.15. The topological polar surface area (TPSA) is 41.5 Å². The van der Waals surface area contributed by atoms with Gasteiger partial charge in [0.05, 0.1) is 0 Å². The molecular formula is C25H27Cl2NO2. The van der Waals surface area contributed by atoms with E-state index in [4.69, 9.17) is 16.3 Å². The SMILES string of the molecule is CNCCOc1ccc(/C(=C(\CCCl)c2ccccc2)c2ccc(O)cc2)cc1.Cl. The smallest absolute Gasteiger partial charge is 0.119 e. The minimum Gasteiger partial charge on any atom is -0.508 e. The lowest BCUT2D eigenvalue weighted by atomic mass is 9.88. The van der Waals surface area contributed by atoms with E-state index in [1.165, 1.54) is 5.57 Å². The molecule has 5 heteroatoms. The zero-order valence-electron chi connectivity index (χ0n) is 17.0. The normalized spacial score (nSPS) is 11.4. The van der Waals surface area contributed by atoms with Crippen molar-refractivity contribution in [2.75, 3.05) is 26.1 Å². The van der Waals surface area contributed by atoms with Crippen LogP contribution in [0.15, 0.2) is 78.9 Å². The summed E-state index contributed by atoms with van der Waals surface area (Å²) in [5.41, 5.74) is 5.55. The zero-order valence-corrected chi connectivity index (χ0v) is 18.5. The summed E-state index contributed by atoms with van der Waals surface area (Å²) in [4.78, 5) is 0. The number of aromatic hydroxyl groups is 1. The molecule has 158 valence electrons. The Morgan fingerprint density at radius 2 is 1.47 bits per heavy atom. The van der Waals surface area contributed by atoms with Gasteiger partial charge >= 0.3 is 0 Å². The number of phenolic OH excluding ortho intramolecular Hbond substituents is 1. The molecule has 0 aliphatic rings. The van der Waals surface area contributed by atoms with Crippen LogP contribution in [0.3, 0.4) is 0 Å². The minimum atomic E-state index is 0. The Bertz CT molecular complexity index is 924. The van der Waals surface area contributed by atoms with Gasteiger partial charge in [-0.2, -0.15) is 0 Å². The van der Waals surface area contributed by atoms with Crippen LogP contribution < -0.4 is 10.1 Å². The van der Waals surface area contributed by atoms with E-state index >= 15 is 0 Å². The van der Waals surface area contributed by atoms with E-state index in [1.807, 2.05) is 49.5 Å². The Balaban J connectivity index is 0.00000320. The van der Waals surface area contributed by atoms with E-state index in [1.54, 1.807) is 12.1 Å². The lowest BCUT2D eigenvalue weighted by molar-refractivity contribution is 0.318. The predicted octanol–water partition coefficient (Wildman–Crippen LogP) is 6.00. The number of phenols is 1. The molecule has 3 aromatic rings. The van der Waals surface area contributed by atoms with Crippen molar-refractivity contribution < 1.29 is 9.84 Å². The third-order valence-corrected chi connectivity index (χ3v) is 4.88. The number of alkyl halides is 1. The van der Waals surface area contributed by atoms with Crippen LogP contribution in [-0.4, -0.2) is 31.2 Å². The van der Waals surface area contributed by atoms with Crippen molar-refractivity contribution in [3.63, 3.8) is 0 Å². The number of hydrogen-bond acceptors (Lipinski definition) is 3. The molecule has 0 aliphatic heterocycles. The van der Waals surface area contributed by atoms with Crippen LogP contribution in [0.5, 0.6) is 11.5 Å². The van der Waals surface area contributed by atoms with Gasteiger partial charge in [-0.15, -0.1) is 24.0 Å². The van der Waals surface area contributed by atoms with E-state index in [0.29, 0.717) is 12.5 Å². The maximum absolute atomic E-state index is 9.75. The summed E-state index contributed by atoms with van der Waals surface area (Å²) in [6.07, 6.45) is 0.738. The van der Waals surface area contributed by atoms with E-state index in [9.17, 15) is 5.11 Å². The minimum absolute atomic E-state index is 0. The molecule has 0 aliphatic carbocycles. The number of ether oxygens (including phenoxy) is 1. The van der Waals surface area contributed by atoms with Crippen molar-refractivity contribution in [1.29, 1.82) is 0 Å². The summed E-state index contributed by atoms with van der Waals surface area (Å²) in [7, 11) is 1.91. The van der Waals surface area contributed by atoms with E-state index < -0.39 is 0 Å². The van der Waals surface area contributed by atoms with Crippen LogP contribution in [0.2, 0.25) is 0 Å². The first-order chi connectivity index (χ1) is 14.2. The van der Waals surface area contributed by atoms with Gasteiger partial charge < -0.3 is 15.2 Å². The van der Waals surface area contributed by atoms with Gasteiger partial charge in [-0.1, -0.05) is 54.6 Å². The molecule has 2 N–H and O–H groups in total. The number of rotatable bonds is 9. The van der Waals surface area contributed by atoms with Crippen molar-refractivity contribution in [3.05, 3.63) is 95.6 Å². The number of likely N-dealkylation sites (N-methyl/N-ethyl adjacent to an activating group) is 1. The maximum Gasteiger partial charge on any atom is 0.119 e. The molecule has 3 nitrogen and oxygen atoms in total. The Hall–Kier alpha value is -2.46. The molecule has 0 saturated heterocycles. The largest absolute Gasteiger partial charge is 0.508 e. The molecule has 30 heavy (non-hydrogen) atoms. The van der Waals surface area contributed by atoms with Crippen LogP contribution in [0.1, 0.15) is 23.1 Å². The van der Waals surface area contributed by atoms with E-state index in [2.05, 4.69) is 29.6 Å². The molecular weight excluding hydrogens is 417 g/mol. The predicted molar refractivity (Wildman–Crippen MR) is 129 cm³/mol. The molecule has 0 atom stereocenters. The molecule has 0 bridgehead atoms. The third kappa shape index (κ3) is 6.27. The summed E-state index contributed by atoms with van der Waals surface area (Å²) in [5.74, 6) is 1.62. The molecule has 0 radical (unpaired) electrons. The van der Waals surface area contributed by atoms with Gasteiger partial charge in [0.2, 0.25) is 0 Å². The van der Waals surface area contributed by atoms with Crippen molar-refractivity contribution in [2.45, 2.75) is 6.42 Å². The summed E-state index contributed by atoms with van der Waals surface area (Å²) < 4.78 is 5.76. The second-order valence-corrected chi connectivity index (χ2v) is 7.06. The highest BCUT2D eigenvalue weighted by Crippen LogP contribution is 2.35. The average Bonchev–Trinajstić information content (AvgIpc) is 2.76. The first kappa shape index (κ1) is 23.8. The van der Waals surface area contributed by atoms with Gasteiger partial charge in [-0.3, -0.25) is 0 Å². The van der Waals surface area contributed by atoms with Crippen LogP contribution in [0, 0.1) is 0 Å². The fraction of sp³-hybridized carbons (Fsp3) is 0.200. The molecule has 0 unspecified atom stereocenters. The quantitative estimate of drug-likeness (QED) is 0.242. The molecule has 0 heterocycles. The molecule has 0 fully saturated rings. The molecule has 3 rings (SSSR count). The number of benzene rings is 3. The van der Waals surface area contributed by atoms with Gasteiger partial charge in [0, 0.05) is 12.4 Å². The molecule has 0 spiro atoms. The molecule has 0 aromatic heterocycles. The summed E-state index contributed by atoms with van der Waals surface area (Å²) in [6.45, 7) is 1.42. The lowest BCUT2D eigenvalue weighted by Gasteiger charge is -2.17. The van der Waals surface area contributed by atoms with Crippen LogP contribution >= 0.6 is 24.0 Å². The molecule has 0 amide bonds. The van der Waals surface area contributed by atoms with Crippen molar-refractivity contribution in [2.24, 2.45) is 0 Å². The average molecular weight is 444 g/mol. The highest BCUT2D eigenvalue weighted by atomic mass is 35.5. The Morgan fingerprint density at radius 3 is 2.03 bits per heavy atom. The van der Waals surface area contributed by atoms with E-state index in [0.717, 1.165) is 41.0 Å². The zero-order chi connectivity index (χ0) is 20.5. The van der Waals surface area contributed by atoms with Gasteiger partial charge in [0.15, 0.2) is 0 Å². The molecule has 0 saturated carbocycles. The van der Waals surface area contributed by atoms with Crippen LogP contribution in [-0.2, 0) is 0 Å². The highest BCUT2D eigenvalue weighted by molar-refractivity contribution is 6.18. The standard InChI is InChI=1S/C25H26ClNO2.ClH/c1-27-17-18-29-23-13-9-21(10-14-23)25(20-7-11-22(28)12-8-20)24(15-16-26)19-5-3-2-4-6-19;/h2-14,27-28H,15-18H2,1H3;1H/b25-24+;. The summed E-state index contributed by atoms with van der Waals surface area (Å²) >= 11 is 6.19. The Morgan fingerprint density at radius 1 is 0.867 bits per heavy atom. The van der Waals surface area contributed by atoms with Gasteiger partial charge in [-0.25, -0.2) is 0 Å². The van der Waals surface area contributed by atoms with E-state index in [-0.39, 0.29) is 18.2 Å². The number of hydrogen-bond donors (Lipinski definition) is 2. The van der Waals surface area contributed by atoms with Gasteiger partial charge in [0.1, 0.15) is 18.1 Å². The summed E-state index contributed by atoms with van der Waals surface area (Å²) in [6, 6.07) is 25.8. The number of nitrogens with one attached hydrogen (secondary N) is 1. The van der Waals surface area contributed by atoms with Crippen LogP contribution in [0.25, 0.3) is 11.1 Å². The summed E-state index contributed by atoms with van der Waals surface area (Å²) in [5, 5.41) is 12.8. The first-order valence-corrected chi connectivity index (χ1v) is 10.3. The second kappa shape index (κ2) is 12.3. The Labute approximate surface area is 189 Å². The van der Waals surface area contributed by atoms with Crippen molar-refractivity contribution >= 4 is 35.2 Å². The van der Waals surface area contributed by atoms with Crippen molar-refractivity contribution in [1.82, 2.24) is 5.32 Å². The fourth-order valence-corrected chi connectivity index (χ4v) is 3.47. The second-order valence-electron chi connectivity index (χ2n) is 6.68. The monoisotopic (exact) mass is 443 g/mol. The first-order valence-electron chi connectivity index (χ1n) is 9.74. The maximum atomic E-state index is 9.75. The molecule has 3 aromatic carbocycles. The van der Waals surface area contributed by atoms with Crippen LogP contribution in [0.4, 0.5) is 0 Å². The van der Waals surface area contributed by atoms with Crippen molar-refractivity contribution in [3.8, 4) is 11.5 Å². The number of allylic oxidation sites excluding steroid dienone is 1. The highest BCUT2D eigenvalue weighted by Gasteiger charge is 2.14. The fourth-order valence-electron chi connectivity index (χ4n) is 3.28.